The zero-order chi connectivity index (χ0) is 19.4. The Kier molecular flexibility index (Phi) is 6.05. The Balaban J connectivity index is 1.60. The number of benzene rings is 1. The second-order valence-electron chi connectivity index (χ2n) is 6.98. The summed E-state index contributed by atoms with van der Waals surface area (Å²) in [7, 11) is 3.14. The van der Waals surface area contributed by atoms with Gasteiger partial charge in [-0.3, -0.25) is 4.79 Å². The average Bonchev–Trinajstić information content (AvgIpc) is 3.07. The molecule has 2 heterocycles. The maximum atomic E-state index is 12.5. The Morgan fingerprint density at radius 2 is 1.93 bits per heavy atom. The van der Waals surface area contributed by atoms with Crippen LogP contribution in [0, 0.1) is 0 Å². The number of urea groups is 1. The topological polar surface area (TPSA) is 75.6 Å². The third kappa shape index (κ3) is 4.27. The molecule has 0 radical (unpaired) electrons. The number of nitrogens with zero attached hydrogens (tertiary/aromatic N) is 2. The number of hydrogen-bond donors (Lipinski definition) is 2. The largest absolute Gasteiger partial charge is 0.493 e. The molecule has 0 aliphatic carbocycles. The molecule has 2 aliphatic heterocycles. The molecular formula is C19H29N4O4+. The van der Waals surface area contributed by atoms with Crippen LogP contribution in [0.3, 0.4) is 0 Å². The van der Waals surface area contributed by atoms with Crippen LogP contribution in [0.1, 0.15) is 13.3 Å². The summed E-state index contributed by atoms with van der Waals surface area (Å²) in [5.41, 5.74) is 0.745. The van der Waals surface area contributed by atoms with E-state index in [0.29, 0.717) is 24.5 Å². The predicted molar refractivity (Wildman–Crippen MR) is 102 cm³/mol. The van der Waals surface area contributed by atoms with Gasteiger partial charge in [0.15, 0.2) is 11.5 Å². The number of carbonyl (C=O) groups excluding carboxylic acids is 2. The van der Waals surface area contributed by atoms with E-state index >= 15 is 0 Å². The SMILES string of the molecule is CC[NH+]1CCN(C(=O)N[C@@H]2CC(=O)N(c3ccc(OC)c(OC)c3)C2)CC1. The summed E-state index contributed by atoms with van der Waals surface area (Å²) in [5.74, 6) is 1.19. The third-order valence-electron chi connectivity index (χ3n) is 5.39. The highest BCUT2D eigenvalue weighted by molar-refractivity contribution is 5.97. The van der Waals surface area contributed by atoms with Crippen molar-refractivity contribution in [3.8, 4) is 11.5 Å². The molecule has 0 unspecified atom stereocenters. The van der Waals surface area contributed by atoms with Gasteiger partial charge in [0, 0.05) is 24.7 Å². The minimum Gasteiger partial charge on any atom is -0.493 e. The number of anilines is 1. The third-order valence-corrected chi connectivity index (χ3v) is 5.39. The normalized spacial score (nSPS) is 20.7. The van der Waals surface area contributed by atoms with Crippen molar-refractivity contribution in [2.24, 2.45) is 0 Å². The van der Waals surface area contributed by atoms with Crippen molar-refractivity contribution in [1.29, 1.82) is 0 Å². The van der Waals surface area contributed by atoms with E-state index in [1.807, 2.05) is 11.0 Å². The number of ether oxygens (including phenoxy) is 2. The highest BCUT2D eigenvalue weighted by atomic mass is 16.5. The van der Waals surface area contributed by atoms with Crippen LogP contribution in [-0.4, -0.2) is 76.4 Å². The van der Waals surface area contributed by atoms with Gasteiger partial charge in [-0.25, -0.2) is 4.79 Å². The van der Waals surface area contributed by atoms with Crippen molar-refractivity contribution in [3.05, 3.63) is 18.2 Å². The van der Waals surface area contributed by atoms with Gasteiger partial charge in [0.25, 0.3) is 0 Å². The molecule has 8 heteroatoms. The molecule has 0 spiro atoms. The van der Waals surface area contributed by atoms with E-state index in [1.165, 1.54) is 4.90 Å². The number of amides is 3. The molecule has 2 N–H and O–H groups in total. The van der Waals surface area contributed by atoms with Crippen LogP contribution in [0.2, 0.25) is 0 Å². The monoisotopic (exact) mass is 377 g/mol. The second-order valence-corrected chi connectivity index (χ2v) is 6.98. The molecule has 1 aromatic rings. The summed E-state index contributed by atoms with van der Waals surface area (Å²) in [6.07, 6.45) is 0.306. The molecule has 8 nitrogen and oxygen atoms in total. The fraction of sp³-hybridized carbons (Fsp3) is 0.579. The van der Waals surface area contributed by atoms with Gasteiger partial charge in [-0.05, 0) is 19.1 Å². The molecule has 2 fully saturated rings. The van der Waals surface area contributed by atoms with Crippen molar-refractivity contribution in [2.45, 2.75) is 19.4 Å². The zero-order valence-corrected chi connectivity index (χ0v) is 16.3. The first-order valence-corrected chi connectivity index (χ1v) is 9.47. The highest BCUT2D eigenvalue weighted by Gasteiger charge is 2.33. The number of likely N-dealkylation sites (N-methyl/N-ethyl adjacent to an activating group) is 1. The highest BCUT2D eigenvalue weighted by Crippen LogP contribution is 2.33. The van der Waals surface area contributed by atoms with E-state index in [-0.39, 0.29) is 18.0 Å². The lowest BCUT2D eigenvalue weighted by Crippen LogP contribution is -3.14. The van der Waals surface area contributed by atoms with E-state index in [1.54, 1.807) is 31.3 Å². The molecule has 3 amide bonds. The van der Waals surface area contributed by atoms with E-state index < -0.39 is 0 Å². The number of rotatable bonds is 5. The molecule has 2 aliphatic rings. The van der Waals surface area contributed by atoms with E-state index in [9.17, 15) is 9.59 Å². The van der Waals surface area contributed by atoms with Crippen LogP contribution >= 0.6 is 0 Å². The number of carbonyl (C=O) groups is 2. The van der Waals surface area contributed by atoms with Crippen molar-refractivity contribution < 1.29 is 24.0 Å². The number of hydrogen-bond acceptors (Lipinski definition) is 4. The van der Waals surface area contributed by atoms with E-state index in [2.05, 4.69) is 12.2 Å². The zero-order valence-electron chi connectivity index (χ0n) is 16.3. The van der Waals surface area contributed by atoms with Crippen molar-refractivity contribution in [1.82, 2.24) is 10.2 Å². The van der Waals surface area contributed by atoms with Gasteiger partial charge in [-0.1, -0.05) is 0 Å². The van der Waals surface area contributed by atoms with Gasteiger partial charge < -0.3 is 29.5 Å². The lowest BCUT2D eigenvalue weighted by atomic mass is 10.2. The molecule has 148 valence electrons. The van der Waals surface area contributed by atoms with Gasteiger partial charge in [-0.2, -0.15) is 0 Å². The Bertz CT molecular complexity index is 688. The van der Waals surface area contributed by atoms with Crippen LogP contribution in [0.25, 0.3) is 0 Å². The fourth-order valence-electron chi connectivity index (χ4n) is 3.69. The number of quaternary nitrogens is 1. The van der Waals surface area contributed by atoms with Crippen molar-refractivity contribution in [3.63, 3.8) is 0 Å². The smallest absolute Gasteiger partial charge is 0.318 e. The van der Waals surface area contributed by atoms with Crippen LogP contribution in [0.5, 0.6) is 11.5 Å². The summed E-state index contributed by atoms with van der Waals surface area (Å²) in [5, 5.41) is 3.02. The molecule has 0 bridgehead atoms. The van der Waals surface area contributed by atoms with Gasteiger partial charge in [-0.15, -0.1) is 0 Å². The van der Waals surface area contributed by atoms with Gasteiger partial charge in [0.2, 0.25) is 5.91 Å². The number of nitrogens with one attached hydrogen (secondary N) is 2. The second kappa shape index (κ2) is 8.47. The first-order valence-electron chi connectivity index (χ1n) is 9.47. The van der Waals surface area contributed by atoms with E-state index in [0.717, 1.165) is 38.4 Å². The molecule has 0 saturated carbocycles. The van der Waals surface area contributed by atoms with E-state index in [4.69, 9.17) is 9.47 Å². The number of methoxy groups -OCH3 is 2. The van der Waals surface area contributed by atoms with Crippen LogP contribution in [0.4, 0.5) is 10.5 Å². The average molecular weight is 377 g/mol. The summed E-state index contributed by atoms with van der Waals surface area (Å²) in [6, 6.07) is 5.14. The fourth-order valence-corrected chi connectivity index (χ4v) is 3.69. The summed E-state index contributed by atoms with van der Waals surface area (Å²) in [4.78, 5) is 30.0. The van der Waals surface area contributed by atoms with Crippen molar-refractivity contribution in [2.75, 3.05) is 58.4 Å². The summed E-state index contributed by atoms with van der Waals surface area (Å²) >= 11 is 0. The molecule has 2 saturated heterocycles. The minimum absolute atomic E-state index is 0.00670. The van der Waals surface area contributed by atoms with Crippen molar-refractivity contribution >= 4 is 17.6 Å². The first-order chi connectivity index (χ1) is 13.0. The molecule has 1 atom stereocenters. The quantitative estimate of drug-likeness (QED) is 0.741. The number of piperazine rings is 1. The Labute approximate surface area is 160 Å². The summed E-state index contributed by atoms with van der Waals surface area (Å²) < 4.78 is 10.6. The predicted octanol–water partition coefficient (Wildman–Crippen LogP) is -0.261. The summed E-state index contributed by atoms with van der Waals surface area (Å²) in [6.45, 7) is 7.19. The Morgan fingerprint density at radius 3 is 2.56 bits per heavy atom. The molecule has 0 aromatic heterocycles. The molecule has 1 aromatic carbocycles. The Hall–Kier alpha value is -2.48. The van der Waals surface area contributed by atoms with Crippen LogP contribution in [0.15, 0.2) is 18.2 Å². The van der Waals surface area contributed by atoms with Gasteiger partial charge >= 0.3 is 6.03 Å². The van der Waals surface area contributed by atoms with Gasteiger partial charge in [0.1, 0.15) is 0 Å². The lowest BCUT2D eigenvalue weighted by molar-refractivity contribution is -0.902. The van der Waals surface area contributed by atoms with Crippen LogP contribution in [-0.2, 0) is 4.79 Å². The minimum atomic E-state index is -0.186. The Morgan fingerprint density at radius 1 is 1.22 bits per heavy atom. The van der Waals surface area contributed by atoms with Gasteiger partial charge in [0.05, 0.1) is 53.0 Å². The molecule has 3 rings (SSSR count). The maximum absolute atomic E-state index is 12.5. The molecule has 27 heavy (non-hydrogen) atoms. The lowest BCUT2D eigenvalue weighted by Gasteiger charge is -2.32. The first kappa shape index (κ1) is 19.3. The standard InChI is InChI=1S/C19H28N4O4/c1-4-21-7-9-22(10-8-21)19(25)20-14-11-18(24)23(13-14)15-5-6-16(26-2)17(12-15)27-3/h5-6,12,14H,4,7-11,13H2,1-3H3,(H,20,25)/p+1/t14-/m1/s1. The molecular weight excluding hydrogens is 348 g/mol. The maximum Gasteiger partial charge on any atom is 0.318 e. The van der Waals surface area contributed by atoms with Crippen LogP contribution < -0.4 is 24.6 Å².